The molecule has 12 nitrogen and oxygen atoms in total. The molecule has 0 amide bonds. The van der Waals surface area contributed by atoms with Gasteiger partial charge in [0, 0.05) is 0 Å². The maximum Gasteiger partial charge on any atom is 1.00 e. The van der Waals surface area contributed by atoms with Gasteiger partial charge in [-0.2, -0.15) is 0 Å². The van der Waals surface area contributed by atoms with Crippen molar-refractivity contribution in [2.45, 2.75) is 0 Å². The van der Waals surface area contributed by atoms with E-state index >= 15 is 0 Å². The smallest absolute Gasteiger partial charge is 1.00 e. The molecule has 0 aliphatic carbocycles. The molecule has 0 bridgehead atoms. The fraction of sp³-hybridized carbons (Fsp3) is 0. The Kier molecular flexibility index (Phi) is 46.1. The van der Waals surface area contributed by atoms with E-state index in [-0.39, 0.29) is 31.0 Å². The monoisotopic (exact) mass is 272 g/mol. The van der Waals surface area contributed by atoms with E-state index in [0.29, 0.717) is 0 Å². The molecule has 0 aromatic heterocycles. The molecule has 98 valence electrons. The molecule has 17 heteroatoms. The summed E-state index contributed by atoms with van der Waals surface area (Å²) in [7, 11) is -8.67. The summed E-state index contributed by atoms with van der Waals surface area (Å²) in [4.78, 5) is 0. The molecule has 0 unspecified atom stereocenters. The first kappa shape index (κ1) is 30.7. The summed E-state index contributed by atoms with van der Waals surface area (Å²) < 4.78 is 0. The molecule has 0 fully saturated rings. The van der Waals surface area contributed by atoms with Gasteiger partial charge in [0.15, 0.2) is 0 Å². The molecule has 0 heterocycles. The van der Waals surface area contributed by atoms with E-state index in [2.05, 4.69) is 0 Å². The zero-order chi connectivity index (χ0) is 14.3. The molecule has 0 radical (unpaired) electrons. The van der Waals surface area contributed by atoms with E-state index in [4.69, 9.17) is 60.3 Å². The van der Waals surface area contributed by atoms with Gasteiger partial charge < -0.3 is 61.7 Å². The van der Waals surface area contributed by atoms with Gasteiger partial charge in [0.25, 0.3) is 0 Å². The molecule has 0 aliphatic heterocycles. The maximum absolute atomic E-state index is 7.17. The molecule has 0 aromatic carbocycles. The average molecular weight is 271 g/mol. The van der Waals surface area contributed by atoms with Gasteiger partial charge in [-0.3, -0.25) is 0 Å². The van der Waals surface area contributed by atoms with Crippen LogP contribution in [0.1, 0.15) is 1.43 Å². The number of rotatable bonds is 0. The number of hydrogen-bond donors (Lipinski definition) is 12. The van der Waals surface area contributed by atoms with Crippen LogP contribution in [0.25, 0.3) is 0 Å². The van der Waals surface area contributed by atoms with Crippen LogP contribution in [0.5, 0.6) is 0 Å². The predicted octanol–water partition coefficient (Wildman–Crippen LogP) is -11.1. The minimum atomic E-state index is -2.17. The minimum Gasteiger partial charge on any atom is -1.00 e. The Morgan fingerprint density at radius 3 is 0.353 bits per heavy atom. The van der Waals surface area contributed by atoms with E-state index in [9.17, 15) is 0 Å². The van der Waals surface area contributed by atoms with Gasteiger partial charge >= 0.3 is 58.8 Å². The zero-order valence-electron chi connectivity index (χ0n) is 9.68. The number of hydrogen-bond acceptors (Lipinski definition) is 12. The Morgan fingerprint density at radius 2 is 0.353 bits per heavy atom. The zero-order valence-corrected chi connectivity index (χ0v) is 10.7. The van der Waals surface area contributed by atoms with Crippen LogP contribution in [0.4, 0.5) is 0 Å². The Hall–Kier alpha value is 0.780. The quantitative estimate of drug-likeness (QED) is 0.184. The third kappa shape index (κ3) is 6030. The molecule has 0 rings (SSSR count). The van der Waals surface area contributed by atoms with Gasteiger partial charge in [-0.15, -0.1) is 0 Å². The van der Waals surface area contributed by atoms with Crippen molar-refractivity contribution in [3.05, 3.63) is 0 Å². The van der Waals surface area contributed by atoms with Gasteiger partial charge in [0.1, 0.15) is 0 Å². The third-order valence-corrected chi connectivity index (χ3v) is 0. The van der Waals surface area contributed by atoms with Crippen LogP contribution < -0.4 is 29.6 Å². The van der Waals surface area contributed by atoms with Gasteiger partial charge in [-0.25, -0.2) is 0 Å². The fourth-order valence-electron chi connectivity index (χ4n) is 0. The summed E-state index contributed by atoms with van der Waals surface area (Å²) in [5.74, 6) is 0. The molecule has 17 heavy (non-hydrogen) atoms. The van der Waals surface area contributed by atoms with Crippen LogP contribution in [0.2, 0.25) is 0 Å². The largest absolute Gasteiger partial charge is 1.00 e. The van der Waals surface area contributed by atoms with Crippen molar-refractivity contribution in [3.8, 4) is 0 Å². The summed E-state index contributed by atoms with van der Waals surface area (Å²) in [6, 6.07) is 0. The third-order valence-electron chi connectivity index (χ3n) is 0. The van der Waals surface area contributed by atoms with Gasteiger partial charge in [0.05, 0.1) is 0 Å². The van der Waals surface area contributed by atoms with Gasteiger partial charge in [-0.05, 0) is 0 Å². The van der Waals surface area contributed by atoms with Crippen molar-refractivity contribution >= 4 is 29.3 Å². The second-order valence-electron chi connectivity index (χ2n) is 1.39. The molecule has 0 atom stereocenters. The van der Waals surface area contributed by atoms with Crippen molar-refractivity contribution in [1.82, 2.24) is 0 Å². The standard InChI is InChI=1S/4BH3O3.Na.H/c4*2-1(3)4;;/h4*2-4H;;/q;;;;+1;-1. The first-order chi connectivity index (χ1) is 6.93. The topological polar surface area (TPSA) is 243 Å². The molecule has 12 N–H and O–H groups in total. The molecule has 0 aliphatic rings. The van der Waals surface area contributed by atoms with Gasteiger partial charge in [0.2, 0.25) is 0 Å². The first-order valence-electron chi connectivity index (χ1n) is 3.10. The van der Waals surface area contributed by atoms with E-state index in [1.807, 2.05) is 0 Å². The van der Waals surface area contributed by atoms with Crippen molar-refractivity contribution in [1.29, 1.82) is 0 Å². The summed E-state index contributed by atoms with van der Waals surface area (Å²) in [6.07, 6.45) is 0. The van der Waals surface area contributed by atoms with E-state index in [1.54, 1.807) is 0 Å². The Labute approximate surface area is 121 Å². The van der Waals surface area contributed by atoms with E-state index in [0.717, 1.165) is 0 Å². The Morgan fingerprint density at radius 1 is 0.353 bits per heavy atom. The summed E-state index contributed by atoms with van der Waals surface area (Å²) in [6.45, 7) is 0. The SMILES string of the molecule is OB(O)O.OB(O)O.OB(O)O.OB(O)O.[H-].[Na+]. The molecule has 0 saturated carbocycles. The van der Waals surface area contributed by atoms with Crippen LogP contribution in [-0.2, 0) is 0 Å². The van der Waals surface area contributed by atoms with Crippen molar-refractivity contribution in [2.75, 3.05) is 0 Å². The normalized spacial score (nSPS) is 6.35. The predicted molar refractivity (Wildman–Crippen MR) is 50.8 cm³/mol. The molecule has 0 spiro atoms. The second kappa shape index (κ2) is 25.6. The average Bonchev–Trinajstić information content (AvgIpc) is 1.76. The molecule has 0 aromatic rings. The van der Waals surface area contributed by atoms with Crippen LogP contribution >= 0.6 is 0 Å². The van der Waals surface area contributed by atoms with Crippen LogP contribution in [0.3, 0.4) is 0 Å². The Bertz CT molecular complexity index is 67.1. The maximum atomic E-state index is 7.17. The van der Waals surface area contributed by atoms with Crippen molar-refractivity contribution < 1.29 is 91.3 Å². The second-order valence-corrected chi connectivity index (χ2v) is 1.39. The summed E-state index contributed by atoms with van der Waals surface area (Å²) in [5, 5.41) is 86.0. The van der Waals surface area contributed by atoms with Crippen LogP contribution in [0.15, 0.2) is 0 Å². The molecule has 0 saturated heterocycles. The van der Waals surface area contributed by atoms with Crippen molar-refractivity contribution in [2.24, 2.45) is 0 Å². The molecular formula is H13B4NaO12. The van der Waals surface area contributed by atoms with E-state index < -0.39 is 29.3 Å². The van der Waals surface area contributed by atoms with E-state index in [1.165, 1.54) is 0 Å². The van der Waals surface area contributed by atoms with Crippen molar-refractivity contribution in [3.63, 3.8) is 0 Å². The first-order valence-corrected chi connectivity index (χ1v) is 3.10. The fourth-order valence-corrected chi connectivity index (χ4v) is 0. The Balaban J connectivity index is -0.0000000257. The summed E-state index contributed by atoms with van der Waals surface area (Å²) >= 11 is 0. The van der Waals surface area contributed by atoms with Crippen LogP contribution in [0, 0.1) is 0 Å². The van der Waals surface area contributed by atoms with Gasteiger partial charge in [-0.1, -0.05) is 0 Å². The summed E-state index contributed by atoms with van der Waals surface area (Å²) in [5.41, 5.74) is 0. The molecular weight excluding hydrogens is 258 g/mol. The minimum absolute atomic E-state index is 0. The van der Waals surface area contributed by atoms with Crippen LogP contribution in [-0.4, -0.2) is 89.6 Å².